The van der Waals surface area contributed by atoms with Crippen LogP contribution in [0, 0.1) is 24.0 Å². The Hall–Kier alpha value is -4.19. The van der Waals surface area contributed by atoms with E-state index in [2.05, 4.69) is 15.5 Å². The van der Waals surface area contributed by atoms with Crippen molar-refractivity contribution in [2.75, 3.05) is 0 Å². The summed E-state index contributed by atoms with van der Waals surface area (Å²) >= 11 is 1.21. The molecule has 1 heterocycles. The predicted octanol–water partition coefficient (Wildman–Crippen LogP) is 6.03. The fourth-order valence-electron chi connectivity index (χ4n) is 3.73. The Labute approximate surface area is 220 Å². The maximum Gasteiger partial charge on any atom is 0.416 e. The standard InChI is InChI=1S/C26H22F3N5O3S/c1-16-5-3-8-21(11-16)33-23(14-30-24(35)19-10-9-17(2)22(13-19)34(36)37)31-32-25(33)38-15-18-6-4-7-20(12-18)26(27,28)29/h3-13H,14-15H2,1-2H3,(H,30,35). The molecule has 1 aromatic heterocycles. The third kappa shape index (κ3) is 6.20. The molecule has 0 aliphatic carbocycles. The van der Waals surface area contributed by atoms with Gasteiger partial charge in [0, 0.05) is 28.6 Å². The SMILES string of the molecule is Cc1cccc(-n2c(CNC(=O)c3ccc(C)c([N+](=O)[O-])c3)nnc2SCc2cccc(C(F)(F)F)c2)c1. The van der Waals surface area contributed by atoms with Crippen LogP contribution in [-0.2, 0) is 18.5 Å². The van der Waals surface area contributed by atoms with Gasteiger partial charge in [0.25, 0.3) is 11.6 Å². The Morgan fingerprint density at radius 1 is 1.05 bits per heavy atom. The van der Waals surface area contributed by atoms with Crippen molar-refractivity contribution in [1.82, 2.24) is 20.1 Å². The Morgan fingerprint density at radius 2 is 1.82 bits per heavy atom. The Bertz CT molecular complexity index is 1500. The van der Waals surface area contributed by atoms with E-state index in [4.69, 9.17) is 0 Å². The van der Waals surface area contributed by atoms with Crippen LogP contribution in [0.2, 0.25) is 0 Å². The second-order valence-electron chi connectivity index (χ2n) is 8.50. The Kier molecular flexibility index (Phi) is 7.81. The van der Waals surface area contributed by atoms with Crippen molar-refractivity contribution in [3.05, 3.63) is 110 Å². The molecule has 0 atom stereocenters. The van der Waals surface area contributed by atoms with Crippen molar-refractivity contribution in [2.24, 2.45) is 0 Å². The van der Waals surface area contributed by atoms with E-state index in [1.165, 1.54) is 36.0 Å². The average molecular weight is 542 g/mol. The van der Waals surface area contributed by atoms with E-state index in [9.17, 15) is 28.1 Å². The molecule has 0 radical (unpaired) electrons. The topological polar surface area (TPSA) is 103 Å². The van der Waals surface area contributed by atoms with Crippen molar-refractivity contribution >= 4 is 23.4 Å². The molecule has 196 valence electrons. The van der Waals surface area contributed by atoms with Crippen LogP contribution in [-0.4, -0.2) is 25.6 Å². The number of nitro benzene ring substituents is 1. The summed E-state index contributed by atoms with van der Waals surface area (Å²) in [5.41, 5.74) is 1.84. The number of halogens is 3. The lowest BCUT2D eigenvalue weighted by Crippen LogP contribution is -2.24. The first kappa shape index (κ1) is 26.9. The summed E-state index contributed by atoms with van der Waals surface area (Å²) in [4.78, 5) is 23.4. The minimum Gasteiger partial charge on any atom is -0.345 e. The lowest BCUT2D eigenvalue weighted by molar-refractivity contribution is -0.385. The zero-order valence-corrected chi connectivity index (χ0v) is 21.1. The largest absolute Gasteiger partial charge is 0.416 e. The molecule has 8 nitrogen and oxygen atoms in total. The number of hydrogen-bond acceptors (Lipinski definition) is 6. The number of carbonyl (C=O) groups excluding carboxylic acids is 1. The summed E-state index contributed by atoms with van der Waals surface area (Å²) < 4.78 is 41.1. The highest BCUT2D eigenvalue weighted by Crippen LogP contribution is 2.32. The molecule has 1 N–H and O–H groups in total. The molecule has 0 fully saturated rings. The minimum atomic E-state index is -4.44. The van der Waals surface area contributed by atoms with Gasteiger partial charge in [-0.25, -0.2) is 0 Å². The quantitative estimate of drug-likeness (QED) is 0.166. The zero-order valence-electron chi connectivity index (χ0n) is 20.3. The molecule has 4 aromatic rings. The molecule has 12 heteroatoms. The second kappa shape index (κ2) is 11.1. The first-order chi connectivity index (χ1) is 18.0. The third-order valence-corrected chi connectivity index (χ3v) is 6.66. The number of aryl methyl sites for hydroxylation is 2. The number of hydrogen-bond donors (Lipinski definition) is 1. The average Bonchev–Trinajstić information content (AvgIpc) is 3.28. The third-order valence-electron chi connectivity index (χ3n) is 5.66. The van der Waals surface area contributed by atoms with Gasteiger partial charge in [-0.05, 0) is 49.2 Å². The van der Waals surface area contributed by atoms with E-state index in [0.29, 0.717) is 22.1 Å². The first-order valence-electron chi connectivity index (χ1n) is 11.4. The highest BCUT2D eigenvalue weighted by molar-refractivity contribution is 7.98. The number of carbonyl (C=O) groups is 1. The summed E-state index contributed by atoms with van der Waals surface area (Å²) in [6.07, 6.45) is -4.44. The van der Waals surface area contributed by atoms with Gasteiger partial charge in [-0.1, -0.05) is 48.2 Å². The van der Waals surface area contributed by atoms with E-state index >= 15 is 0 Å². The number of thioether (sulfide) groups is 1. The van der Waals surface area contributed by atoms with E-state index < -0.39 is 22.6 Å². The molecule has 0 aliphatic heterocycles. The molecular weight excluding hydrogens is 519 g/mol. The van der Waals surface area contributed by atoms with Gasteiger partial charge in [0.2, 0.25) is 0 Å². The first-order valence-corrected chi connectivity index (χ1v) is 12.3. The number of benzene rings is 3. The molecule has 0 saturated heterocycles. The monoisotopic (exact) mass is 541 g/mol. The van der Waals surface area contributed by atoms with Crippen LogP contribution in [0.1, 0.15) is 38.4 Å². The lowest BCUT2D eigenvalue weighted by Gasteiger charge is -2.12. The number of nitrogens with one attached hydrogen (secondary N) is 1. The van der Waals surface area contributed by atoms with Crippen LogP contribution >= 0.6 is 11.8 Å². The summed E-state index contributed by atoms with van der Waals surface area (Å²) in [6, 6.07) is 16.8. The van der Waals surface area contributed by atoms with Gasteiger partial charge in [0.05, 0.1) is 17.0 Å². The van der Waals surface area contributed by atoms with Crippen molar-refractivity contribution in [1.29, 1.82) is 0 Å². The van der Waals surface area contributed by atoms with Crippen LogP contribution in [0.25, 0.3) is 5.69 Å². The zero-order chi connectivity index (χ0) is 27.4. The molecule has 0 aliphatic rings. The van der Waals surface area contributed by atoms with Crippen LogP contribution in [0.15, 0.2) is 71.9 Å². The summed E-state index contributed by atoms with van der Waals surface area (Å²) in [7, 11) is 0. The van der Waals surface area contributed by atoms with Gasteiger partial charge in [0.1, 0.15) is 0 Å². The molecule has 4 rings (SSSR count). The summed E-state index contributed by atoms with van der Waals surface area (Å²) in [5, 5.41) is 22.8. The van der Waals surface area contributed by atoms with Crippen LogP contribution < -0.4 is 5.32 Å². The fraction of sp³-hybridized carbons (Fsp3) is 0.192. The van der Waals surface area contributed by atoms with Crippen LogP contribution in [0.3, 0.4) is 0 Å². The Morgan fingerprint density at radius 3 is 2.53 bits per heavy atom. The van der Waals surface area contributed by atoms with E-state index in [-0.39, 0.29) is 23.5 Å². The van der Waals surface area contributed by atoms with Crippen molar-refractivity contribution < 1.29 is 22.9 Å². The molecule has 0 unspecified atom stereocenters. The van der Waals surface area contributed by atoms with Gasteiger partial charge in [0.15, 0.2) is 11.0 Å². The van der Waals surface area contributed by atoms with Crippen molar-refractivity contribution in [2.45, 2.75) is 37.5 Å². The number of aromatic nitrogens is 3. The maximum atomic E-state index is 13.1. The highest BCUT2D eigenvalue weighted by atomic mass is 32.2. The van der Waals surface area contributed by atoms with Gasteiger partial charge in [-0.3, -0.25) is 19.5 Å². The Balaban J connectivity index is 1.58. The molecule has 0 spiro atoms. The van der Waals surface area contributed by atoms with E-state index in [0.717, 1.165) is 23.4 Å². The van der Waals surface area contributed by atoms with Gasteiger partial charge in [-0.15, -0.1) is 10.2 Å². The summed E-state index contributed by atoms with van der Waals surface area (Å²) in [6.45, 7) is 3.46. The smallest absolute Gasteiger partial charge is 0.345 e. The fourth-order valence-corrected chi connectivity index (χ4v) is 4.64. The van der Waals surface area contributed by atoms with Gasteiger partial charge >= 0.3 is 6.18 Å². The molecule has 0 saturated carbocycles. The maximum absolute atomic E-state index is 13.1. The normalized spacial score (nSPS) is 11.4. The van der Waals surface area contributed by atoms with E-state index in [1.807, 2.05) is 31.2 Å². The van der Waals surface area contributed by atoms with E-state index in [1.54, 1.807) is 17.6 Å². The lowest BCUT2D eigenvalue weighted by atomic mass is 10.1. The van der Waals surface area contributed by atoms with Gasteiger partial charge < -0.3 is 5.32 Å². The molecule has 38 heavy (non-hydrogen) atoms. The number of nitrogens with zero attached hydrogens (tertiary/aromatic N) is 4. The molecule has 3 aromatic carbocycles. The number of amides is 1. The second-order valence-corrected chi connectivity index (χ2v) is 9.44. The van der Waals surface area contributed by atoms with Crippen LogP contribution in [0.4, 0.5) is 18.9 Å². The number of alkyl halides is 3. The molecule has 1 amide bonds. The molecular formula is C26H22F3N5O3S. The summed E-state index contributed by atoms with van der Waals surface area (Å²) in [5.74, 6) is 0.0787. The van der Waals surface area contributed by atoms with Crippen molar-refractivity contribution in [3.63, 3.8) is 0 Å². The number of rotatable bonds is 8. The van der Waals surface area contributed by atoms with Crippen LogP contribution in [0.5, 0.6) is 0 Å². The molecule has 0 bridgehead atoms. The van der Waals surface area contributed by atoms with Crippen molar-refractivity contribution in [3.8, 4) is 5.69 Å². The van der Waals surface area contributed by atoms with Gasteiger partial charge in [-0.2, -0.15) is 13.2 Å². The highest BCUT2D eigenvalue weighted by Gasteiger charge is 2.30. The predicted molar refractivity (Wildman–Crippen MR) is 136 cm³/mol. The minimum absolute atomic E-state index is 0.0361. The number of nitro groups is 1.